The van der Waals surface area contributed by atoms with Crippen LogP contribution in [0.25, 0.3) is 0 Å². The Labute approximate surface area is 176 Å². The van der Waals surface area contributed by atoms with Gasteiger partial charge in [-0.3, -0.25) is 4.79 Å². The van der Waals surface area contributed by atoms with Gasteiger partial charge in [-0.1, -0.05) is 20.8 Å². The number of fused-ring (bicyclic) bond motifs is 1. The van der Waals surface area contributed by atoms with Crippen molar-refractivity contribution in [3.8, 4) is 0 Å². The predicted molar refractivity (Wildman–Crippen MR) is 93.4 cm³/mol. The highest BCUT2D eigenvalue weighted by atomic mass is 16.8. The van der Waals surface area contributed by atoms with E-state index in [1.54, 1.807) is 20.8 Å². The monoisotopic (exact) mass is 440 g/mol. The minimum absolute atomic E-state index is 0.792. The number of rotatable bonds is 0. The molecule has 0 unspecified atom stereocenters. The second-order valence-corrected chi connectivity index (χ2v) is 10.8. The molecule has 11 heteroatoms. The highest BCUT2D eigenvalue weighted by Crippen LogP contribution is 2.84. The zero-order valence-corrected chi connectivity index (χ0v) is 17.3. The van der Waals surface area contributed by atoms with E-state index in [4.69, 9.17) is 18.9 Å². The first kappa shape index (κ1) is 19.9. The Kier molecular flexibility index (Phi) is 3.15. The molecule has 170 valence electrons. The van der Waals surface area contributed by atoms with Crippen molar-refractivity contribution in [1.29, 1.82) is 0 Å². The third-order valence-electron chi connectivity index (χ3n) is 8.95. The molecule has 6 rings (SSSR count). The summed E-state index contributed by atoms with van der Waals surface area (Å²) in [4.78, 5) is 38.3. The first-order chi connectivity index (χ1) is 14.3. The van der Waals surface area contributed by atoms with Crippen molar-refractivity contribution in [1.82, 2.24) is 0 Å². The van der Waals surface area contributed by atoms with Crippen molar-refractivity contribution in [2.45, 2.75) is 75.7 Å². The molecule has 0 aromatic rings. The van der Waals surface area contributed by atoms with Gasteiger partial charge in [-0.25, -0.2) is 9.59 Å². The highest BCUT2D eigenvalue weighted by Gasteiger charge is 3.05. The molecule has 4 N–H and O–H groups in total. The molecule has 4 aliphatic heterocycles. The Bertz CT molecular complexity index is 957. The molecule has 6 fully saturated rings. The molecular formula is C20H24O11. The summed E-state index contributed by atoms with van der Waals surface area (Å²) in [5, 5.41) is 46.1. The van der Waals surface area contributed by atoms with E-state index in [-0.39, 0.29) is 0 Å². The first-order valence-corrected chi connectivity index (χ1v) is 10.3. The third kappa shape index (κ3) is 1.43. The number of aliphatic hydroxyl groups excluding tert-OH is 3. The fourth-order valence-corrected chi connectivity index (χ4v) is 8.27. The van der Waals surface area contributed by atoms with Crippen LogP contribution in [0.5, 0.6) is 0 Å². The van der Waals surface area contributed by atoms with Gasteiger partial charge < -0.3 is 39.4 Å². The van der Waals surface area contributed by atoms with Crippen LogP contribution in [0.15, 0.2) is 0 Å². The van der Waals surface area contributed by atoms with Gasteiger partial charge in [0.15, 0.2) is 17.8 Å². The Balaban J connectivity index is 1.75. The summed E-state index contributed by atoms with van der Waals surface area (Å²) in [6.07, 6.45) is -9.69. The van der Waals surface area contributed by atoms with E-state index in [0.29, 0.717) is 0 Å². The molecule has 0 amide bonds. The summed E-state index contributed by atoms with van der Waals surface area (Å²) >= 11 is 0. The minimum atomic E-state index is -2.40. The normalized spacial score (nSPS) is 61.0. The zero-order chi connectivity index (χ0) is 22.7. The van der Waals surface area contributed by atoms with Crippen molar-refractivity contribution < 1.29 is 53.8 Å². The van der Waals surface area contributed by atoms with E-state index in [2.05, 4.69) is 0 Å². The first-order valence-electron chi connectivity index (χ1n) is 10.3. The summed E-state index contributed by atoms with van der Waals surface area (Å²) in [6, 6.07) is 0. The second kappa shape index (κ2) is 4.91. The van der Waals surface area contributed by atoms with E-state index in [0.717, 1.165) is 0 Å². The van der Waals surface area contributed by atoms with Crippen molar-refractivity contribution in [2.75, 3.05) is 0 Å². The fraction of sp³-hybridized carbons (Fsp3) is 0.850. The molecule has 0 bridgehead atoms. The summed E-state index contributed by atoms with van der Waals surface area (Å²) in [7, 11) is 0. The lowest BCUT2D eigenvalue weighted by Gasteiger charge is -2.47. The number of aliphatic hydroxyl groups is 4. The quantitative estimate of drug-likeness (QED) is 0.234. The van der Waals surface area contributed by atoms with Gasteiger partial charge in [0.25, 0.3) is 0 Å². The van der Waals surface area contributed by atoms with Crippen LogP contribution in [0.4, 0.5) is 0 Å². The summed E-state index contributed by atoms with van der Waals surface area (Å²) in [5.74, 6) is -5.22. The molecule has 4 saturated heterocycles. The zero-order valence-electron chi connectivity index (χ0n) is 17.3. The van der Waals surface area contributed by atoms with E-state index in [1.807, 2.05) is 0 Å². The van der Waals surface area contributed by atoms with Gasteiger partial charge in [0.05, 0.1) is 22.9 Å². The Morgan fingerprint density at radius 3 is 2.19 bits per heavy atom. The average Bonchev–Trinajstić information content (AvgIpc) is 3.35. The molecule has 0 radical (unpaired) electrons. The van der Waals surface area contributed by atoms with Crippen LogP contribution in [-0.2, 0) is 33.3 Å². The van der Waals surface area contributed by atoms with Crippen LogP contribution in [0.2, 0.25) is 0 Å². The smallest absolute Gasteiger partial charge is 0.343 e. The third-order valence-corrected chi connectivity index (χ3v) is 8.95. The van der Waals surface area contributed by atoms with E-state index in [1.165, 1.54) is 6.92 Å². The topological polar surface area (TPSA) is 169 Å². The Hall–Kier alpha value is -1.79. The lowest BCUT2D eigenvalue weighted by Crippen LogP contribution is -2.67. The highest BCUT2D eigenvalue weighted by molar-refractivity contribution is 5.94. The Morgan fingerprint density at radius 2 is 1.58 bits per heavy atom. The van der Waals surface area contributed by atoms with Crippen LogP contribution >= 0.6 is 0 Å². The molecule has 2 spiro atoms. The molecule has 6 aliphatic rings. The summed E-state index contributed by atoms with van der Waals surface area (Å²) in [6.45, 7) is 6.63. The molecule has 12 atom stereocenters. The number of hydrogen-bond acceptors (Lipinski definition) is 11. The maximum Gasteiger partial charge on any atom is 0.343 e. The van der Waals surface area contributed by atoms with Gasteiger partial charge >= 0.3 is 17.9 Å². The lowest BCUT2D eigenvalue weighted by molar-refractivity contribution is -0.240. The number of esters is 3. The van der Waals surface area contributed by atoms with Crippen molar-refractivity contribution in [2.24, 2.45) is 28.1 Å². The van der Waals surface area contributed by atoms with Gasteiger partial charge in [-0.15, -0.1) is 0 Å². The number of hydrogen-bond donors (Lipinski definition) is 4. The van der Waals surface area contributed by atoms with E-state index >= 15 is 0 Å². The van der Waals surface area contributed by atoms with Crippen LogP contribution < -0.4 is 0 Å². The molecule has 0 aromatic heterocycles. The van der Waals surface area contributed by atoms with Crippen LogP contribution in [0.3, 0.4) is 0 Å². The van der Waals surface area contributed by atoms with Gasteiger partial charge in [-0.2, -0.15) is 0 Å². The van der Waals surface area contributed by atoms with Gasteiger partial charge in [-0.05, 0) is 12.3 Å². The van der Waals surface area contributed by atoms with E-state index in [9.17, 15) is 34.8 Å². The predicted octanol–water partition coefficient (Wildman–Crippen LogP) is -2.40. The molecule has 0 aromatic carbocycles. The Morgan fingerprint density at radius 1 is 0.935 bits per heavy atom. The van der Waals surface area contributed by atoms with Crippen LogP contribution in [0, 0.1) is 28.1 Å². The number of ether oxygens (including phenoxy) is 4. The summed E-state index contributed by atoms with van der Waals surface area (Å²) < 4.78 is 22.2. The molecule has 4 heterocycles. The molecular weight excluding hydrogens is 416 g/mol. The summed E-state index contributed by atoms with van der Waals surface area (Å²) in [5.41, 5.74) is -9.40. The SMILES string of the molecule is C[C@H]1C(=O)O[C@@H]2[C@@H](O)[C@]34[C@H]5OC(=O)[C@@]3(O[C@H]3OC(=O)[C@@H](O)[C@@]34[C@@H](C(C)(C)C)[C@@H]5O)[C@@]21O. The molecule has 2 aliphatic carbocycles. The fourth-order valence-electron chi connectivity index (χ4n) is 8.27. The van der Waals surface area contributed by atoms with Crippen molar-refractivity contribution in [3.63, 3.8) is 0 Å². The van der Waals surface area contributed by atoms with Gasteiger partial charge in [0, 0.05) is 5.92 Å². The van der Waals surface area contributed by atoms with Crippen LogP contribution in [-0.4, -0.2) is 86.3 Å². The van der Waals surface area contributed by atoms with Crippen molar-refractivity contribution >= 4 is 17.9 Å². The standard InChI is InChI=1S/C20H24O11/c1-5-12(24)28-11-8(22)18-10-6(21)7(16(2,3)4)17(18)9(23)13(25)30-15(17)31-20(18,14(26)29-10)19(5,11)27/h5-11,15,21-23,27H,1-4H3/t5-,6-,7+,8+,9+,10-,11+,15+,17-,18+,19-,20-/m0/s1. The maximum absolute atomic E-state index is 13.4. The van der Waals surface area contributed by atoms with E-state index < -0.39 is 94.0 Å². The maximum atomic E-state index is 13.4. The molecule has 11 nitrogen and oxygen atoms in total. The van der Waals surface area contributed by atoms with Crippen molar-refractivity contribution in [3.05, 3.63) is 0 Å². The molecule has 31 heavy (non-hydrogen) atoms. The largest absolute Gasteiger partial charge is 0.456 e. The van der Waals surface area contributed by atoms with Gasteiger partial charge in [0.2, 0.25) is 11.9 Å². The van der Waals surface area contributed by atoms with Gasteiger partial charge in [0.1, 0.15) is 12.2 Å². The number of carbonyl (C=O) groups excluding carboxylic acids is 3. The van der Waals surface area contributed by atoms with Crippen LogP contribution in [0.1, 0.15) is 27.7 Å². The molecule has 2 saturated carbocycles. The lowest BCUT2D eigenvalue weighted by atomic mass is 9.51. The minimum Gasteiger partial charge on any atom is -0.456 e. The second-order valence-electron chi connectivity index (χ2n) is 10.8. The average molecular weight is 440 g/mol. The number of carbonyl (C=O) groups is 3.